The molecule has 2 N–H and O–H groups in total. The molecule has 3 amide bonds. The van der Waals surface area contributed by atoms with Crippen LogP contribution in [-0.4, -0.2) is 55.1 Å². The fraction of sp³-hybridized carbons (Fsp3) is 0.407. The van der Waals surface area contributed by atoms with Crippen LogP contribution in [0.1, 0.15) is 53.7 Å². The maximum atomic E-state index is 14.8. The average molecular weight is 564 g/mol. The number of rotatable bonds is 7. The van der Waals surface area contributed by atoms with Gasteiger partial charge in [0.05, 0.1) is 17.7 Å². The van der Waals surface area contributed by atoms with Gasteiger partial charge in [-0.2, -0.15) is 0 Å². The van der Waals surface area contributed by atoms with E-state index in [4.69, 9.17) is 21.1 Å². The van der Waals surface area contributed by atoms with Crippen molar-refractivity contribution in [3.8, 4) is 0 Å². The molecule has 1 heterocycles. The van der Waals surface area contributed by atoms with E-state index in [1.54, 1.807) is 4.90 Å². The number of benzene rings is 2. The standard InChI is InChI=1S/C27H28ClF2N3O6/c1-15(34)38-14-24(35)33-10-8-16(9-11-33)13-39-27(37)32-23-7-4-18-19(3-6-22(30)25(18)23)26(36)31-17-2-5-21(29)20(28)12-17/h2-3,5-6,12,16,23H,4,7-11,13-14H2,1H3,(H,31,36)(H,32,37)/t23-/m0/s1. The number of piperidine rings is 1. The number of ether oxygens (including phenoxy) is 2. The highest BCUT2D eigenvalue weighted by atomic mass is 35.5. The number of likely N-dealkylation sites (tertiary alicyclic amines) is 1. The highest BCUT2D eigenvalue weighted by molar-refractivity contribution is 6.31. The Morgan fingerprint density at radius 3 is 2.44 bits per heavy atom. The smallest absolute Gasteiger partial charge is 0.407 e. The number of carbonyl (C=O) groups is 4. The Labute approximate surface area is 228 Å². The summed E-state index contributed by atoms with van der Waals surface area (Å²) in [6.07, 6.45) is 1.30. The molecule has 1 aliphatic heterocycles. The summed E-state index contributed by atoms with van der Waals surface area (Å²) in [5, 5.41) is 5.19. The summed E-state index contributed by atoms with van der Waals surface area (Å²) in [4.78, 5) is 49.9. The molecule has 2 aromatic carbocycles. The van der Waals surface area contributed by atoms with Gasteiger partial charge in [0.2, 0.25) is 0 Å². The van der Waals surface area contributed by atoms with Crippen molar-refractivity contribution in [2.75, 3.05) is 31.6 Å². The van der Waals surface area contributed by atoms with Crippen molar-refractivity contribution in [1.29, 1.82) is 0 Å². The zero-order valence-corrected chi connectivity index (χ0v) is 22.0. The molecule has 0 spiro atoms. The molecule has 39 heavy (non-hydrogen) atoms. The van der Waals surface area contributed by atoms with Crippen molar-refractivity contribution in [2.24, 2.45) is 5.92 Å². The molecular formula is C27H28ClF2N3O6. The van der Waals surface area contributed by atoms with E-state index < -0.39 is 35.6 Å². The van der Waals surface area contributed by atoms with Crippen molar-refractivity contribution < 1.29 is 37.4 Å². The number of nitrogens with zero attached hydrogens (tertiary/aromatic N) is 1. The molecule has 2 aromatic rings. The first-order chi connectivity index (χ1) is 18.6. The van der Waals surface area contributed by atoms with Gasteiger partial charge in [-0.25, -0.2) is 13.6 Å². The lowest BCUT2D eigenvalue weighted by Crippen LogP contribution is -2.41. The molecule has 9 nitrogen and oxygen atoms in total. The van der Waals surface area contributed by atoms with Gasteiger partial charge in [0, 0.05) is 36.8 Å². The summed E-state index contributed by atoms with van der Waals surface area (Å²) in [7, 11) is 0. The number of amides is 3. The van der Waals surface area contributed by atoms with Gasteiger partial charge in [-0.3, -0.25) is 14.4 Å². The highest BCUT2D eigenvalue weighted by Gasteiger charge is 2.32. The van der Waals surface area contributed by atoms with E-state index in [0.29, 0.717) is 50.0 Å². The van der Waals surface area contributed by atoms with Crippen molar-refractivity contribution in [1.82, 2.24) is 10.2 Å². The van der Waals surface area contributed by atoms with Gasteiger partial charge in [0.1, 0.15) is 11.6 Å². The van der Waals surface area contributed by atoms with E-state index in [0.717, 1.165) is 6.07 Å². The molecule has 0 unspecified atom stereocenters. The van der Waals surface area contributed by atoms with Crippen LogP contribution in [0.15, 0.2) is 30.3 Å². The number of anilines is 1. The summed E-state index contributed by atoms with van der Waals surface area (Å²) in [6.45, 7) is 2.02. The van der Waals surface area contributed by atoms with Gasteiger partial charge in [0.25, 0.3) is 11.8 Å². The lowest BCUT2D eigenvalue weighted by molar-refractivity contribution is -0.150. The number of halogens is 3. The van der Waals surface area contributed by atoms with Crippen molar-refractivity contribution in [3.05, 3.63) is 63.7 Å². The van der Waals surface area contributed by atoms with Crippen molar-refractivity contribution in [2.45, 2.75) is 38.6 Å². The van der Waals surface area contributed by atoms with E-state index >= 15 is 0 Å². The number of fused-ring (bicyclic) bond motifs is 1. The van der Waals surface area contributed by atoms with Crippen LogP contribution in [-0.2, 0) is 25.5 Å². The van der Waals surface area contributed by atoms with Crippen LogP contribution in [0.3, 0.4) is 0 Å². The summed E-state index contributed by atoms with van der Waals surface area (Å²) in [6, 6.07) is 5.66. The topological polar surface area (TPSA) is 114 Å². The summed E-state index contributed by atoms with van der Waals surface area (Å²) < 4.78 is 38.3. The minimum atomic E-state index is -0.698. The maximum Gasteiger partial charge on any atom is 0.407 e. The zero-order valence-electron chi connectivity index (χ0n) is 21.2. The molecule has 2 aliphatic rings. The molecular weight excluding hydrogens is 536 g/mol. The van der Waals surface area contributed by atoms with Gasteiger partial charge in [0.15, 0.2) is 6.61 Å². The zero-order chi connectivity index (χ0) is 28.1. The third-order valence-corrected chi connectivity index (χ3v) is 7.16. The number of hydrogen-bond donors (Lipinski definition) is 2. The van der Waals surface area contributed by atoms with E-state index in [2.05, 4.69) is 10.6 Å². The lowest BCUT2D eigenvalue weighted by atomic mass is 9.98. The summed E-state index contributed by atoms with van der Waals surface area (Å²) in [5.41, 5.74) is 1.26. The van der Waals surface area contributed by atoms with E-state index in [-0.39, 0.29) is 41.2 Å². The van der Waals surface area contributed by atoms with Crippen LogP contribution in [0.25, 0.3) is 0 Å². The van der Waals surface area contributed by atoms with Crippen LogP contribution >= 0.6 is 11.6 Å². The van der Waals surface area contributed by atoms with E-state index in [9.17, 15) is 28.0 Å². The summed E-state index contributed by atoms with van der Waals surface area (Å²) in [5.74, 6) is -2.39. The monoisotopic (exact) mass is 563 g/mol. The molecule has 0 radical (unpaired) electrons. The Kier molecular flexibility index (Phi) is 9.01. The van der Waals surface area contributed by atoms with Crippen molar-refractivity contribution in [3.63, 3.8) is 0 Å². The van der Waals surface area contributed by atoms with Crippen LogP contribution in [0.5, 0.6) is 0 Å². The first-order valence-corrected chi connectivity index (χ1v) is 12.9. The predicted octanol–water partition coefficient (Wildman–Crippen LogP) is 4.39. The van der Waals surface area contributed by atoms with E-state index in [1.807, 2.05) is 0 Å². The molecule has 0 aromatic heterocycles. The Bertz CT molecular complexity index is 1280. The Balaban J connectivity index is 1.30. The number of hydrogen-bond acceptors (Lipinski definition) is 6. The second-order valence-corrected chi connectivity index (χ2v) is 9.92. The number of alkyl carbamates (subject to hydrolysis) is 1. The Morgan fingerprint density at radius 1 is 1.03 bits per heavy atom. The molecule has 12 heteroatoms. The maximum absolute atomic E-state index is 14.8. The number of esters is 1. The number of carbonyl (C=O) groups excluding carboxylic acids is 4. The number of nitrogens with one attached hydrogen (secondary N) is 2. The molecule has 1 atom stereocenters. The van der Waals surface area contributed by atoms with Gasteiger partial charge < -0.3 is 25.0 Å². The molecule has 4 rings (SSSR count). The third kappa shape index (κ3) is 7.03. The fourth-order valence-corrected chi connectivity index (χ4v) is 5.01. The lowest BCUT2D eigenvalue weighted by Gasteiger charge is -2.31. The highest BCUT2D eigenvalue weighted by Crippen LogP contribution is 2.36. The molecule has 1 aliphatic carbocycles. The molecule has 1 saturated heterocycles. The quantitative estimate of drug-likeness (QED) is 0.483. The minimum absolute atomic E-state index is 0.0522. The largest absolute Gasteiger partial charge is 0.456 e. The molecule has 0 bridgehead atoms. The first-order valence-electron chi connectivity index (χ1n) is 12.5. The Morgan fingerprint density at radius 2 is 1.74 bits per heavy atom. The molecule has 208 valence electrons. The van der Waals surface area contributed by atoms with E-state index in [1.165, 1.54) is 31.2 Å². The average Bonchev–Trinajstić information content (AvgIpc) is 3.33. The van der Waals surface area contributed by atoms with Crippen LogP contribution in [0.4, 0.5) is 19.3 Å². The summed E-state index contributed by atoms with van der Waals surface area (Å²) >= 11 is 5.78. The normalized spacial score (nSPS) is 16.8. The SMILES string of the molecule is CC(=O)OCC(=O)N1CCC(COC(=O)N[C@H]2CCc3c(C(=O)Nc4ccc(F)c(Cl)c4)ccc(F)c32)CC1. The van der Waals surface area contributed by atoms with Gasteiger partial charge in [-0.1, -0.05) is 11.6 Å². The van der Waals surface area contributed by atoms with Gasteiger partial charge in [-0.05, 0) is 67.5 Å². The van der Waals surface area contributed by atoms with Crippen LogP contribution < -0.4 is 10.6 Å². The fourth-order valence-electron chi connectivity index (χ4n) is 4.83. The third-order valence-electron chi connectivity index (χ3n) is 6.87. The van der Waals surface area contributed by atoms with Crippen molar-refractivity contribution >= 4 is 41.2 Å². The Hall–Kier alpha value is -3.73. The predicted molar refractivity (Wildman–Crippen MR) is 137 cm³/mol. The van der Waals surface area contributed by atoms with Crippen LogP contribution in [0, 0.1) is 17.6 Å². The van der Waals surface area contributed by atoms with Crippen LogP contribution in [0.2, 0.25) is 5.02 Å². The van der Waals surface area contributed by atoms with Gasteiger partial charge in [-0.15, -0.1) is 0 Å². The van der Waals surface area contributed by atoms with Gasteiger partial charge >= 0.3 is 12.1 Å². The first kappa shape index (κ1) is 28.3. The minimum Gasteiger partial charge on any atom is -0.456 e. The second-order valence-electron chi connectivity index (χ2n) is 9.51. The molecule has 0 saturated carbocycles. The molecule has 1 fully saturated rings. The second kappa shape index (κ2) is 12.4.